The average Bonchev–Trinajstić information content (AvgIpc) is 3.00. The zero-order valence-corrected chi connectivity index (χ0v) is 13.6. The minimum atomic E-state index is 0.193. The Labute approximate surface area is 138 Å². The van der Waals surface area contributed by atoms with Crippen LogP contribution >= 0.6 is 0 Å². The number of aliphatic imine (C=N–C) groups is 1. The summed E-state index contributed by atoms with van der Waals surface area (Å²) >= 11 is 0. The lowest BCUT2D eigenvalue weighted by Crippen LogP contribution is -2.37. The quantitative estimate of drug-likeness (QED) is 0.362. The van der Waals surface area contributed by atoms with Gasteiger partial charge in [0.1, 0.15) is 0 Å². The lowest BCUT2D eigenvalue weighted by Gasteiger charge is -2.15. The molecule has 0 atom stereocenters. The Morgan fingerprint density at radius 3 is 2.61 bits per heavy atom. The predicted molar refractivity (Wildman–Crippen MR) is 92.7 cm³/mol. The van der Waals surface area contributed by atoms with Gasteiger partial charge in [-0.05, 0) is 24.5 Å². The van der Waals surface area contributed by atoms with E-state index >= 15 is 0 Å². The molecule has 5 nitrogen and oxygen atoms in total. The van der Waals surface area contributed by atoms with Crippen LogP contribution in [0.3, 0.4) is 0 Å². The molecule has 122 valence electrons. The van der Waals surface area contributed by atoms with Crippen LogP contribution in [0.2, 0.25) is 0 Å². The number of benzene rings is 1. The largest absolute Gasteiger partial charge is 0.357 e. The number of nitrogens with zero attached hydrogens (tertiary/aromatic N) is 2. The van der Waals surface area contributed by atoms with Gasteiger partial charge in [-0.15, -0.1) is 6.42 Å². The predicted octanol–water partition coefficient (Wildman–Crippen LogP) is 1.50. The molecule has 1 aliphatic rings. The maximum Gasteiger partial charge on any atom is 0.223 e. The molecule has 1 aliphatic heterocycles. The Morgan fingerprint density at radius 1 is 1.30 bits per heavy atom. The third-order valence-corrected chi connectivity index (χ3v) is 3.71. The van der Waals surface area contributed by atoms with Crippen LogP contribution < -0.4 is 10.6 Å². The fourth-order valence-corrected chi connectivity index (χ4v) is 2.57. The number of nitrogens with one attached hydrogen (secondary N) is 2. The van der Waals surface area contributed by atoms with Crippen molar-refractivity contribution < 1.29 is 4.79 Å². The number of fused-ring (bicyclic) bond motifs is 1. The number of hydrogen-bond acceptors (Lipinski definition) is 2. The molecule has 0 saturated heterocycles. The van der Waals surface area contributed by atoms with Crippen molar-refractivity contribution in [1.82, 2.24) is 15.5 Å². The molecule has 0 spiro atoms. The van der Waals surface area contributed by atoms with Gasteiger partial charge in [-0.2, -0.15) is 0 Å². The van der Waals surface area contributed by atoms with Gasteiger partial charge in [0.2, 0.25) is 5.91 Å². The molecule has 0 bridgehead atoms. The lowest BCUT2D eigenvalue weighted by atomic mass is 10.1. The summed E-state index contributed by atoms with van der Waals surface area (Å²) in [4.78, 5) is 18.6. The zero-order valence-electron chi connectivity index (χ0n) is 13.6. The highest BCUT2D eigenvalue weighted by Crippen LogP contribution is 2.22. The van der Waals surface area contributed by atoms with Crippen molar-refractivity contribution in [3.8, 4) is 12.3 Å². The summed E-state index contributed by atoms with van der Waals surface area (Å²) in [6.07, 6.45) is 6.48. The van der Waals surface area contributed by atoms with Gasteiger partial charge >= 0.3 is 0 Å². The van der Waals surface area contributed by atoms with Crippen molar-refractivity contribution in [2.24, 2.45) is 4.99 Å². The molecule has 23 heavy (non-hydrogen) atoms. The molecule has 0 radical (unpaired) electrons. The molecule has 0 saturated carbocycles. The number of terminal acetylenes is 1. The smallest absolute Gasteiger partial charge is 0.223 e. The third kappa shape index (κ3) is 5.03. The van der Waals surface area contributed by atoms with Gasteiger partial charge in [0.05, 0.1) is 6.54 Å². The van der Waals surface area contributed by atoms with Crippen LogP contribution in [0.5, 0.6) is 0 Å². The fraction of sp³-hybridized carbons (Fsp3) is 0.444. The summed E-state index contributed by atoms with van der Waals surface area (Å²) in [5.41, 5.74) is 2.51. The summed E-state index contributed by atoms with van der Waals surface area (Å²) in [5.74, 6) is 3.41. The molecule has 1 aromatic carbocycles. The van der Waals surface area contributed by atoms with E-state index in [1.807, 2.05) is 24.0 Å². The van der Waals surface area contributed by atoms with Gasteiger partial charge in [0, 0.05) is 32.6 Å². The summed E-state index contributed by atoms with van der Waals surface area (Å²) in [5, 5.41) is 6.15. The normalized spacial score (nSPS) is 13.4. The number of carbonyl (C=O) groups is 1. The first-order valence-corrected chi connectivity index (χ1v) is 8.04. The highest BCUT2D eigenvalue weighted by atomic mass is 16.2. The Bertz CT molecular complexity index is 578. The number of guanidine groups is 1. The van der Waals surface area contributed by atoms with Gasteiger partial charge in [-0.1, -0.05) is 30.2 Å². The molecular weight excluding hydrogens is 288 g/mol. The van der Waals surface area contributed by atoms with Crippen molar-refractivity contribution in [2.45, 2.75) is 32.9 Å². The van der Waals surface area contributed by atoms with E-state index in [4.69, 9.17) is 6.42 Å². The monoisotopic (exact) mass is 312 g/mol. The SMILES string of the molecule is C#CCNC(=NCCCC(=O)N1Cc2ccccc2C1)NCC. The van der Waals surface area contributed by atoms with Gasteiger partial charge in [0.25, 0.3) is 0 Å². The minimum absolute atomic E-state index is 0.193. The lowest BCUT2D eigenvalue weighted by molar-refractivity contribution is -0.131. The minimum Gasteiger partial charge on any atom is -0.357 e. The van der Waals surface area contributed by atoms with Crippen LogP contribution in [0.15, 0.2) is 29.3 Å². The molecule has 1 heterocycles. The van der Waals surface area contributed by atoms with E-state index in [9.17, 15) is 4.79 Å². The summed E-state index contributed by atoms with van der Waals surface area (Å²) in [6.45, 7) is 5.28. The molecule has 0 fully saturated rings. The molecule has 1 aromatic rings. The van der Waals surface area contributed by atoms with E-state index in [1.165, 1.54) is 11.1 Å². The van der Waals surface area contributed by atoms with Crippen LogP contribution in [-0.2, 0) is 17.9 Å². The Balaban J connectivity index is 1.74. The number of rotatable bonds is 6. The molecular formula is C18H24N4O. The Hall–Kier alpha value is -2.48. The van der Waals surface area contributed by atoms with E-state index in [2.05, 4.69) is 33.7 Å². The van der Waals surface area contributed by atoms with Crippen molar-refractivity contribution in [3.05, 3.63) is 35.4 Å². The van der Waals surface area contributed by atoms with E-state index in [1.54, 1.807) is 0 Å². The van der Waals surface area contributed by atoms with Crippen molar-refractivity contribution >= 4 is 11.9 Å². The van der Waals surface area contributed by atoms with Crippen molar-refractivity contribution in [3.63, 3.8) is 0 Å². The number of carbonyl (C=O) groups excluding carboxylic acids is 1. The molecule has 1 amide bonds. The fourth-order valence-electron chi connectivity index (χ4n) is 2.57. The van der Waals surface area contributed by atoms with Gasteiger partial charge in [0.15, 0.2) is 5.96 Å². The molecule has 0 aliphatic carbocycles. The second-order valence-corrected chi connectivity index (χ2v) is 5.44. The van der Waals surface area contributed by atoms with Crippen LogP contribution in [0.25, 0.3) is 0 Å². The maximum atomic E-state index is 12.3. The van der Waals surface area contributed by atoms with Gasteiger partial charge < -0.3 is 15.5 Å². The van der Waals surface area contributed by atoms with Gasteiger partial charge in [-0.3, -0.25) is 9.79 Å². The van der Waals surface area contributed by atoms with E-state index in [0.717, 1.165) is 26.1 Å². The maximum absolute atomic E-state index is 12.3. The summed E-state index contributed by atoms with van der Waals surface area (Å²) < 4.78 is 0. The second-order valence-electron chi connectivity index (χ2n) is 5.44. The molecule has 5 heteroatoms. The van der Waals surface area contributed by atoms with Crippen LogP contribution in [0, 0.1) is 12.3 Å². The third-order valence-electron chi connectivity index (χ3n) is 3.71. The standard InChI is InChI=1S/C18H24N4O/c1-3-11-20-18(19-4-2)21-12-7-10-17(23)22-13-15-8-5-6-9-16(15)14-22/h1,5-6,8-9H,4,7,10-14H2,2H3,(H2,19,20,21). The number of amides is 1. The zero-order chi connectivity index (χ0) is 16.5. The van der Waals surface area contributed by atoms with Crippen LogP contribution in [0.4, 0.5) is 0 Å². The topological polar surface area (TPSA) is 56.7 Å². The number of hydrogen-bond donors (Lipinski definition) is 2. The Kier molecular flexibility index (Phi) is 6.49. The highest BCUT2D eigenvalue weighted by molar-refractivity contribution is 5.80. The summed E-state index contributed by atoms with van der Waals surface area (Å²) in [6, 6.07) is 8.22. The Morgan fingerprint density at radius 2 is 2.00 bits per heavy atom. The first-order valence-electron chi connectivity index (χ1n) is 8.04. The molecule has 0 unspecified atom stereocenters. The molecule has 2 rings (SSSR count). The van der Waals surface area contributed by atoms with Crippen molar-refractivity contribution in [1.29, 1.82) is 0 Å². The van der Waals surface area contributed by atoms with Crippen LogP contribution in [0.1, 0.15) is 30.9 Å². The van der Waals surface area contributed by atoms with Gasteiger partial charge in [-0.25, -0.2) is 0 Å². The first kappa shape index (κ1) is 16.9. The molecule has 2 N–H and O–H groups in total. The first-order chi connectivity index (χ1) is 11.2. The summed E-state index contributed by atoms with van der Waals surface area (Å²) in [7, 11) is 0. The van der Waals surface area contributed by atoms with Crippen LogP contribution in [-0.4, -0.2) is 36.4 Å². The van der Waals surface area contributed by atoms with Crippen molar-refractivity contribution in [2.75, 3.05) is 19.6 Å². The second kappa shape index (κ2) is 8.84. The van der Waals surface area contributed by atoms with E-state index in [0.29, 0.717) is 25.5 Å². The van der Waals surface area contributed by atoms with E-state index < -0.39 is 0 Å². The van der Waals surface area contributed by atoms with E-state index in [-0.39, 0.29) is 5.91 Å². The average molecular weight is 312 g/mol. The highest BCUT2D eigenvalue weighted by Gasteiger charge is 2.21. The molecule has 0 aromatic heterocycles.